The van der Waals surface area contributed by atoms with Crippen molar-refractivity contribution in [1.29, 1.82) is 0 Å². The van der Waals surface area contributed by atoms with Crippen molar-refractivity contribution in [1.82, 2.24) is 4.57 Å². The van der Waals surface area contributed by atoms with E-state index in [4.69, 9.17) is 5.73 Å². The minimum absolute atomic E-state index is 0.166. The molecule has 0 fully saturated rings. The van der Waals surface area contributed by atoms with Crippen molar-refractivity contribution in [3.8, 4) is 0 Å². The van der Waals surface area contributed by atoms with Crippen LogP contribution in [0.5, 0.6) is 0 Å². The molecule has 4 heteroatoms. The molecule has 0 aliphatic carbocycles. The second-order valence-electron chi connectivity index (χ2n) is 4.79. The minimum Gasteiger partial charge on any atom is -0.368 e. The number of primary amides is 1. The van der Waals surface area contributed by atoms with Crippen molar-refractivity contribution in [2.24, 2.45) is 10.7 Å². The first-order valence-electron chi connectivity index (χ1n) is 6.69. The summed E-state index contributed by atoms with van der Waals surface area (Å²) in [6, 6.07) is 17.6. The zero-order chi connectivity index (χ0) is 14.7. The first-order chi connectivity index (χ1) is 10.2. The average molecular weight is 277 g/mol. The molecule has 0 saturated carbocycles. The highest BCUT2D eigenvalue weighted by Gasteiger charge is 2.07. The van der Waals surface area contributed by atoms with Gasteiger partial charge in [0.25, 0.3) is 0 Å². The van der Waals surface area contributed by atoms with Crippen LogP contribution in [0.15, 0.2) is 65.8 Å². The van der Waals surface area contributed by atoms with Crippen LogP contribution in [0.4, 0.5) is 5.69 Å². The maximum atomic E-state index is 11.2. The number of carbonyl (C=O) groups is 1. The number of nitrogens with two attached hydrogens (primary N) is 1. The van der Waals surface area contributed by atoms with Crippen LogP contribution in [-0.2, 0) is 11.3 Å². The highest BCUT2D eigenvalue weighted by Crippen LogP contribution is 2.21. The van der Waals surface area contributed by atoms with Crippen LogP contribution in [-0.4, -0.2) is 16.7 Å². The summed E-state index contributed by atoms with van der Waals surface area (Å²) in [6.45, 7) is 0.166. The minimum atomic E-state index is -0.359. The van der Waals surface area contributed by atoms with E-state index in [-0.39, 0.29) is 12.5 Å². The van der Waals surface area contributed by atoms with Crippen molar-refractivity contribution in [2.75, 3.05) is 0 Å². The molecule has 0 atom stereocenters. The first kappa shape index (κ1) is 13.1. The van der Waals surface area contributed by atoms with E-state index in [9.17, 15) is 4.79 Å². The van der Waals surface area contributed by atoms with E-state index in [1.54, 1.807) is 0 Å². The van der Waals surface area contributed by atoms with E-state index in [0.29, 0.717) is 0 Å². The van der Waals surface area contributed by atoms with E-state index in [1.807, 2.05) is 71.6 Å². The predicted octanol–water partition coefficient (Wildman–Crippen LogP) is 2.88. The number of para-hydroxylation sites is 2. The molecule has 0 aliphatic heterocycles. The molecule has 3 rings (SSSR count). The Morgan fingerprint density at radius 3 is 2.57 bits per heavy atom. The van der Waals surface area contributed by atoms with Gasteiger partial charge >= 0.3 is 0 Å². The van der Waals surface area contributed by atoms with E-state index < -0.39 is 0 Å². The maximum absolute atomic E-state index is 11.2. The van der Waals surface area contributed by atoms with Gasteiger partial charge in [-0.2, -0.15) is 0 Å². The van der Waals surface area contributed by atoms with E-state index in [1.165, 1.54) is 0 Å². The molecule has 1 amide bonds. The summed E-state index contributed by atoms with van der Waals surface area (Å²) in [5.74, 6) is -0.359. The van der Waals surface area contributed by atoms with E-state index in [0.717, 1.165) is 22.2 Å². The molecule has 3 aromatic rings. The molecule has 0 saturated heterocycles. The lowest BCUT2D eigenvalue weighted by atomic mass is 10.2. The lowest BCUT2D eigenvalue weighted by Crippen LogP contribution is -2.17. The monoisotopic (exact) mass is 277 g/mol. The number of carbonyl (C=O) groups excluding carboxylic acids is 1. The van der Waals surface area contributed by atoms with Crippen LogP contribution in [0.3, 0.4) is 0 Å². The van der Waals surface area contributed by atoms with Crippen LogP contribution in [0.25, 0.3) is 10.9 Å². The highest BCUT2D eigenvalue weighted by atomic mass is 16.1. The summed E-state index contributed by atoms with van der Waals surface area (Å²) in [5.41, 5.74) is 8.14. The van der Waals surface area contributed by atoms with Gasteiger partial charge in [-0.15, -0.1) is 0 Å². The van der Waals surface area contributed by atoms with Gasteiger partial charge in [0.1, 0.15) is 6.54 Å². The van der Waals surface area contributed by atoms with Gasteiger partial charge in [0.15, 0.2) is 0 Å². The van der Waals surface area contributed by atoms with Gasteiger partial charge in [-0.1, -0.05) is 36.4 Å². The molecule has 0 bridgehead atoms. The number of aromatic nitrogens is 1. The summed E-state index contributed by atoms with van der Waals surface area (Å²) >= 11 is 0. The third-order valence-electron chi connectivity index (χ3n) is 3.25. The summed E-state index contributed by atoms with van der Waals surface area (Å²) in [5, 5.41) is 1.05. The van der Waals surface area contributed by atoms with E-state index >= 15 is 0 Å². The average Bonchev–Trinajstić information content (AvgIpc) is 2.84. The molecule has 104 valence electrons. The molecular formula is C17H15N3O. The normalized spacial score (nSPS) is 11.2. The summed E-state index contributed by atoms with van der Waals surface area (Å²) in [6.07, 6.45) is 3.72. The van der Waals surface area contributed by atoms with Crippen LogP contribution >= 0.6 is 0 Å². The molecule has 0 aliphatic rings. The summed E-state index contributed by atoms with van der Waals surface area (Å²) in [7, 11) is 0. The molecule has 1 aromatic heterocycles. The van der Waals surface area contributed by atoms with Gasteiger partial charge in [-0.05, 0) is 18.2 Å². The molecule has 1 heterocycles. The Morgan fingerprint density at radius 2 is 1.81 bits per heavy atom. The molecule has 0 radical (unpaired) electrons. The first-order valence-corrected chi connectivity index (χ1v) is 6.69. The van der Waals surface area contributed by atoms with Crippen LogP contribution in [0, 0.1) is 0 Å². The predicted molar refractivity (Wildman–Crippen MR) is 84.8 cm³/mol. The molecule has 0 spiro atoms. The fraction of sp³-hybridized carbons (Fsp3) is 0.0588. The number of rotatable bonds is 4. The number of nitrogens with zero attached hydrogens (tertiary/aromatic N) is 2. The lowest BCUT2D eigenvalue weighted by molar-refractivity contribution is -0.118. The van der Waals surface area contributed by atoms with Gasteiger partial charge in [0.2, 0.25) is 5.91 Å². The quantitative estimate of drug-likeness (QED) is 0.732. The Morgan fingerprint density at radius 1 is 1.10 bits per heavy atom. The fourth-order valence-corrected chi connectivity index (χ4v) is 2.33. The zero-order valence-electron chi connectivity index (χ0n) is 11.4. The van der Waals surface area contributed by atoms with Gasteiger partial charge in [0, 0.05) is 28.9 Å². The summed E-state index contributed by atoms with van der Waals surface area (Å²) in [4.78, 5) is 15.6. The topological polar surface area (TPSA) is 60.4 Å². The van der Waals surface area contributed by atoms with E-state index in [2.05, 4.69) is 4.99 Å². The lowest BCUT2D eigenvalue weighted by Gasteiger charge is -2.00. The number of benzene rings is 2. The number of aliphatic imine (C=N–C) groups is 1. The van der Waals surface area contributed by atoms with Crippen LogP contribution in [0.2, 0.25) is 0 Å². The van der Waals surface area contributed by atoms with Crippen LogP contribution < -0.4 is 5.73 Å². The second kappa shape index (κ2) is 5.63. The van der Waals surface area contributed by atoms with Gasteiger partial charge < -0.3 is 10.3 Å². The van der Waals surface area contributed by atoms with Gasteiger partial charge in [-0.25, -0.2) is 0 Å². The molecule has 0 unspecified atom stereocenters. The number of hydrogen-bond acceptors (Lipinski definition) is 2. The third-order valence-corrected chi connectivity index (χ3v) is 3.25. The van der Waals surface area contributed by atoms with Crippen molar-refractivity contribution in [3.63, 3.8) is 0 Å². The number of hydrogen-bond donors (Lipinski definition) is 1. The Hall–Kier alpha value is -2.88. The van der Waals surface area contributed by atoms with Gasteiger partial charge in [-0.3, -0.25) is 9.79 Å². The summed E-state index contributed by atoms with van der Waals surface area (Å²) < 4.78 is 1.85. The molecule has 4 nitrogen and oxygen atoms in total. The largest absolute Gasteiger partial charge is 0.368 e. The van der Waals surface area contributed by atoms with Gasteiger partial charge in [0.05, 0.1) is 5.69 Å². The third kappa shape index (κ3) is 2.84. The Balaban J connectivity index is 2.02. The standard InChI is InChI=1S/C17H15N3O/c18-17(21)12-20-11-13(15-8-4-5-9-16(15)20)10-19-14-6-2-1-3-7-14/h1-11H,12H2,(H2,18,21). The Bertz CT molecular complexity index is 803. The highest BCUT2D eigenvalue weighted by molar-refractivity contribution is 6.00. The van der Waals surface area contributed by atoms with Crippen LogP contribution in [0.1, 0.15) is 5.56 Å². The molecule has 2 aromatic carbocycles. The molecule has 2 N–H and O–H groups in total. The SMILES string of the molecule is NC(=O)Cn1cc(C=Nc2ccccc2)c2ccccc21. The van der Waals surface area contributed by atoms with Crippen molar-refractivity contribution in [2.45, 2.75) is 6.54 Å². The zero-order valence-corrected chi connectivity index (χ0v) is 11.4. The Kier molecular flexibility index (Phi) is 3.51. The number of amides is 1. The molecular weight excluding hydrogens is 262 g/mol. The second-order valence-corrected chi connectivity index (χ2v) is 4.79. The Labute approximate surface area is 122 Å². The maximum Gasteiger partial charge on any atom is 0.237 e. The van der Waals surface area contributed by atoms with Crippen molar-refractivity contribution < 1.29 is 4.79 Å². The molecule has 21 heavy (non-hydrogen) atoms. The number of fused-ring (bicyclic) bond motifs is 1. The van der Waals surface area contributed by atoms with Crippen molar-refractivity contribution in [3.05, 3.63) is 66.4 Å². The fourth-order valence-electron chi connectivity index (χ4n) is 2.33. The van der Waals surface area contributed by atoms with Crippen molar-refractivity contribution >= 4 is 28.7 Å². The smallest absolute Gasteiger partial charge is 0.237 e.